The van der Waals surface area contributed by atoms with Crippen LogP contribution in [-0.2, 0) is 33.0 Å². The smallest absolute Gasteiger partial charge is 0.293 e. The van der Waals surface area contributed by atoms with Gasteiger partial charge in [-0.1, -0.05) is 55.3 Å². The Morgan fingerprint density at radius 2 is 1.62 bits per heavy atom. The van der Waals surface area contributed by atoms with Crippen LogP contribution in [0.3, 0.4) is 0 Å². The van der Waals surface area contributed by atoms with Gasteiger partial charge in [-0.05, 0) is 36.5 Å². The van der Waals surface area contributed by atoms with Crippen LogP contribution in [0.5, 0.6) is 0 Å². The molecule has 3 aliphatic heterocycles. The molecule has 5 nitrogen and oxygen atoms in total. The van der Waals surface area contributed by atoms with Gasteiger partial charge >= 0.3 is 0 Å². The summed E-state index contributed by atoms with van der Waals surface area (Å²) < 4.78 is 12.8. The molecule has 4 aliphatic rings. The Hall–Kier alpha value is -2.21. The second kappa shape index (κ2) is 6.66. The Morgan fingerprint density at radius 1 is 0.931 bits per heavy atom. The van der Waals surface area contributed by atoms with E-state index in [9.17, 15) is 4.79 Å². The summed E-state index contributed by atoms with van der Waals surface area (Å²) in [6.45, 7) is 2.37. The maximum absolute atomic E-state index is 13.7. The lowest BCUT2D eigenvalue weighted by Crippen LogP contribution is -2.47. The van der Waals surface area contributed by atoms with Gasteiger partial charge in [-0.2, -0.15) is 0 Å². The van der Waals surface area contributed by atoms with Gasteiger partial charge in [0.05, 0.1) is 24.6 Å². The van der Waals surface area contributed by atoms with Gasteiger partial charge in [0.15, 0.2) is 0 Å². The standard InChI is InChI=1S/C24H26N2O3/c27-23-24(28-21-11-5-6-12-22(21)29-24)19-9-3-4-10-20(19)26(23)16-25-14-13-17-7-1-2-8-18(17)15-25/h1-4,7-10,21-22H,5-6,11-16H2. The molecule has 1 saturated carbocycles. The number of amides is 1. The number of rotatable bonds is 2. The SMILES string of the molecule is O=C1N(CN2CCc3ccccc3C2)c2ccccc2C12OC1CCCCC1O2. The van der Waals surface area contributed by atoms with Gasteiger partial charge in [0.25, 0.3) is 11.7 Å². The van der Waals surface area contributed by atoms with Gasteiger partial charge < -0.3 is 9.47 Å². The van der Waals surface area contributed by atoms with Crippen LogP contribution in [0.4, 0.5) is 5.69 Å². The van der Waals surface area contributed by atoms with Crippen molar-refractivity contribution in [1.82, 2.24) is 4.90 Å². The lowest BCUT2D eigenvalue weighted by Gasteiger charge is -2.32. The zero-order valence-corrected chi connectivity index (χ0v) is 16.5. The van der Waals surface area contributed by atoms with E-state index in [1.165, 1.54) is 11.1 Å². The molecule has 0 radical (unpaired) electrons. The molecule has 6 rings (SSSR count). The van der Waals surface area contributed by atoms with Crippen molar-refractivity contribution in [2.75, 3.05) is 18.1 Å². The Balaban J connectivity index is 1.30. The maximum Gasteiger partial charge on any atom is 0.293 e. The van der Waals surface area contributed by atoms with E-state index in [-0.39, 0.29) is 18.1 Å². The normalized spacial score (nSPS) is 31.0. The van der Waals surface area contributed by atoms with E-state index in [0.717, 1.165) is 56.4 Å². The highest BCUT2D eigenvalue weighted by Crippen LogP contribution is 2.51. The molecule has 2 aromatic carbocycles. The van der Waals surface area contributed by atoms with Crippen molar-refractivity contribution >= 4 is 11.6 Å². The highest BCUT2D eigenvalue weighted by atomic mass is 16.8. The Kier molecular flexibility index (Phi) is 4.05. The molecule has 1 saturated heterocycles. The van der Waals surface area contributed by atoms with Crippen molar-refractivity contribution < 1.29 is 14.3 Å². The predicted octanol–water partition coefficient (Wildman–Crippen LogP) is 3.56. The molecule has 1 spiro atoms. The Morgan fingerprint density at radius 3 is 2.41 bits per heavy atom. The molecule has 0 N–H and O–H groups in total. The number of carbonyl (C=O) groups excluding carboxylic acids is 1. The first-order valence-electron chi connectivity index (χ1n) is 10.8. The van der Waals surface area contributed by atoms with Crippen LogP contribution in [0, 0.1) is 0 Å². The van der Waals surface area contributed by atoms with Crippen LogP contribution in [0.25, 0.3) is 0 Å². The predicted molar refractivity (Wildman–Crippen MR) is 109 cm³/mol. The second-order valence-corrected chi connectivity index (χ2v) is 8.68. The molecule has 3 heterocycles. The summed E-state index contributed by atoms with van der Waals surface area (Å²) >= 11 is 0. The number of para-hydroxylation sites is 1. The zero-order chi connectivity index (χ0) is 19.4. The highest BCUT2D eigenvalue weighted by Gasteiger charge is 2.61. The van der Waals surface area contributed by atoms with Gasteiger partial charge in [0, 0.05) is 18.7 Å². The van der Waals surface area contributed by atoms with Gasteiger partial charge in [-0.15, -0.1) is 0 Å². The number of nitrogens with zero attached hydrogens (tertiary/aromatic N) is 2. The topological polar surface area (TPSA) is 42.0 Å². The number of hydrogen-bond acceptors (Lipinski definition) is 4. The van der Waals surface area contributed by atoms with E-state index in [1.54, 1.807) is 0 Å². The molecule has 29 heavy (non-hydrogen) atoms. The van der Waals surface area contributed by atoms with Gasteiger partial charge in [-0.25, -0.2) is 0 Å². The molecule has 150 valence electrons. The molecule has 2 fully saturated rings. The monoisotopic (exact) mass is 390 g/mol. The van der Waals surface area contributed by atoms with Crippen molar-refractivity contribution in [2.24, 2.45) is 0 Å². The average Bonchev–Trinajstić information content (AvgIpc) is 3.26. The fourth-order valence-electron chi connectivity index (χ4n) is 5.42. The molecular weight excluding hydrogens is 364 g/mol. The first-order chi connectivity index (χ1) is 14.2. The number of fused-ring (bicyclic) bond motifs is 4. The fourth-order valence-corrected chi connectivity index (χ4v) is 5.42. The van der Waals surface area contributed by atoms with Crippen molar-refractivity contribution in [3.63, 3.8) is 0 Å². The fraction of sp³-hybridized carbons (Fsp3) is 0.458. The van der Waals surface area contributed by atoms with Crippen LogP contribution in [-0.4, -0.2) is 36.2 Å². The van der Waals surface area contributed by atoms with Crippen molar-refractivity contribution in [3.05, 3.63) is 65.2 Å². The third kappa shape index (κ3) is 2.68. The van der Waals surface area contributed by atoms with Gasteiger partial charge in [0.2, 0.25) is 0 Å². The molecule has 0 aromatic heterocycles. The van der Waals surface area contributed by atoms with Crippen LogP contribution in [0.2, 0.25) is 0 Å². The Bertz CT molecular complexity index is 945. The minimum atomic E-state index is -1.25. The average molecular weight is 390 g/mol. The lowest BCUT2D eigenvalue weighted by molar-refractivity contribution is -0.190. The molecule has 5 heteroatoms. The van der Waals surface area contributed by atoms with Crippen molar-refractivity contribution in [3.8, 4) is 0 Å². The first-order valence-corrected chi connectivity index (χ1v) is 10.8. The largest absolute Gasteiger partial charge is 0.332 e. The van der Waals surface area contributed by atoms with Gasteiger partial charge in [-0.3, -0.25) is 14.6 Å². The minimum absolute atomic E-state index is 0.0302. The summed E-state index contributed by atoms with van der Waals surface area (Å²) in [5.41, 5.74) is 4.57. The number of ether oxygens (including phenoxy) is 2. The van der Waals surface area contributed by atoms with E-state index in [2.05, 4.69) is 29.2 Å². The molecule has 2 unspecified atom stereocenters. The van der Waals surface area contributed by atoms with Gasteiger partial charge in [0.1, 0.15) is 0 Å². The Labute approximate surface area is 171 Å². The number of carbonyl (C=O) groups is 1. The number of hydrogen-bond donors (Lipinski definition) is 0. The molecule has 1 amide bonds. The zero-order valence-electron chi connectivity index (χ0n) is 16.5. The summed E-state index contributed by atoms with van der Waals surface area (Å²) in [6, 6.07) is 16.6. The summed E-state index contributed by atoms with van der Waals surface area (Å²) in [5, 5.41) is 0. The van der Waals surface area contributed by atoms with E-state index in [1.807, 2.05) is 29.2 Å². The highest BCUT2D eigenvalue weighted by molar-refractivity contribution is 6.06. The van der Waals surface area contributed by atoms with Crippen LogP contribution >= 0.6 is 0 Å². The van der Waals surface area contributed by atoms with Crippen molar-refractivity contribution in [2.45, 2.75) is 56.6 Å². The van der Waals surface area contributed by atoms with E-state index >= 15 is 0 Å². The minimum Gasteiger partial charge on any atom is -0.332 e. The number of benzene rings is 2. The summed E-state index contributed by atoms with van der Waals surface area (Å²) in [6.07, 6.45) is 5.32. The van der Waals surface area contributed by atoms with E-state index in [0.29, 0.717) is 6.67 Å². The third-order valence-corrected chi connectivity index (χ3v) is 6.90. The molecule has 0 bridgehead atoms. The van der Waals surface area contributed by atoms with Crippen LogP contribution in [0.15, 0.2) is 48.5 Å². The third-order valence-electron chi connectivity index (χ3n) is 6.90. The quantitative estimate of drug-likeness (QED) is 0.786. The molecule has 1 aliphatic carbocycles. The summed E-state index contributed by atoms with van der Waals surface area (Å²) in [5.74, 6) is -1.31. The second-order valence-electron chi connectivity index (χ2n) is 8.68. The van der Waals surface area contributed by atoms with E-state index in [4.69, 9.17) is 9.47 Å². The van der Waals surface area contributed by atoms with Crippen LogP contribution in [0.1, 0.15) is 42.4 Å². The molecule has 2 aromatic rings. The number of anilines is 1. The van der Waals surface area contributed by atoms with E-state index < -0.39 is 5.79 Å². The summed E-state index contributed by atoms with van der Waals surface area (Å²) in [7, 11) is 0. The van der Waals surface area contributed by atoms with Crippen molar-refractivity contribution in [1.29, 1.82) is 0 Å². The molecular formula is C24H26N2O3. The maximum atomic E-state index is 13.7. The first kappa shape index (κ1) is 17.6. The molecule has 2 atom stereocenters. The van der Waals surface area contributed by atoms with Crippen LogP contribution < -0.4 is 4.90 Å². The summed E-state index contributed by atoms with van der Waals surface area (Å²) in [4.78, 5) is 17.9. The lowest BCUT2D eigenvalue weighted by atomic mass is 9.95.